The van der Waals surface area contributed by atoms with Crippen molar-refractivity contribution in [2.24, 2.45) is 0 Å². The largest absolute Gasteiger partial charge is 0.309 e. The van der Waals surface area contributed by atoms with E-state index in [0.717, 1.165) is 22.4 Å². The van der Waals surface area contributed by atoms with Crippen LogP contribution in [0.2, 0.25) is 0 Å². The molecule has 0 atom stereocenters. The average molecular weight is 657 g/mol. The Balaban J connectivity index is 1.16. The number of thiophene rings is 1. The molecule has 0 aliphatic rings. The Labute approximate surface area is 292 Å². The highest BCUT2D eigenvalue weighted by Gasteiger charge is 2.19. The van der Waals surface area contributed by atoms with Gasteiger partial charge < -0.3 is 4.57 Å². The van der Waals surface area contributed by atoms with Gasteiger partial charge in [0.25, 0.3) is 0 Å². The molecule has 0 unspecified atom stereocenters. The summed E-state index contributed by atoms with van der Waals surface area (Å²) in [6, 6.07) is 59.7. The van der Waals surface area contributed by atoms with E-state index in [2.05, 4.69) is 114 Å². The van der Waals surface area contributed by atoms with Crippen molar-refractivity contribution in [3.8, 4) is 51.0 Å². The van der Waals surface area contributed by atoms with Gasteiger partial charge in [-0.05, 0) is 59.7 Å². The molecular formula is C45H28N4S. The zero-order valence-corrected chi connectivity index (χ0v) is 27.7. The van der Waals surface area contributed by atoms with Crippen LogP contribution in [0.3, 0.4) is 0 Å². The van der Waals surface area contributed by atoms with E-state index in [1.54, 1.807) is 0 Å². The Hall–Kier alpha value is -6.43. The van der Waals surface area contributed by atoms with E-state index in [4.69, 9.17) is 15.0 Å². The predicted molar refractivity (Wildman–Crippen MR) is 209 cm³/mol. The summed E-state index contributed by atoms with van der Waals surface area (Å²) in [5, 5.41) is 5.15. The van der Waals surface area contributed by atoms with Crippen LogP contribution in [-0.2, 0) is 0 Å². The van der Waals surface area contributed by atoms with E-state index in [1.165, 1.54) is 53.1 Å². The summed E-state index contributed by atoms with van der Waals surface area (Å²) in [5.74, 6) is 1.95. The first-order valence-corrected chi connectivity index (χ1v) is 17.5. The van der Waals surface area contributed by atoms with Crippen molar-refractivity contribution in [1.82, 2.24) is 19.5 Å². The van der Waals surface area contributed by atoms with Crippen molar-refractivity contribution < 1.29 is 0 Å². The molecule has 0 saturated carbocycles. The Morgan fingerprint density at radius 1 is 0.380 bits per heavy atom. The van der Waals surface area contributed by atoms with E-state index >= 15 is 0 Å². The highest BCUT2D eigenvalue weighted by molar-refractivity contribution is 7.26. The predicted octanol–water partition coefficient (Wildman–Crippen LogP) is 12.0. The molecule has 3 heterocycles. The van der Waals surface area contributed by atoms with Crippen molar-refractivity contribution >= 4 is 53.3 Å². The normalized spacial score (nSPS) is 11.6. The molecule has 3 aromatic heterocycles. The number of nitrogens with zero attached hydrogens (tertiary/aromatic N) is 4. The fraction of sp³-hybridized carbons (Fsp3) is 0. The Morgan fingerprint density at radius 3 is 1.54 bits per heavy atom. The second-order valence-electron chi connectivity index (χ2n) is 12.5. The topological polar surface area (TPSA) is 43.6 Å². The molecule has 0 amide bonds. The first-order valence-electron chi connectivity index (χ1n) is 16.7. The van der Waals surface area contributed by atoms with E-state index in [9.17, 15) is 0 Å². The third-order valence-electron chi connectivity index (χ3n) is 9.46. The van der Waals surface area contributed by atoms with Crippen LogP contribution >= 0.6 is 11.3 Å². The highest BCUT2D eigenvalue weighted by atomic mass is 32.1. The summed E-state index contributed by atoms with van der Waals surface area (Å²) in [4.78, 5) is 14.8. The second kappa shape index (κ2) is 11.6. The molecule has 7 aromatic carbocycles. The van der Waals surface area contributed by atoms with Gasteiger partial charge in [-0.2, -0.15) is 0 Å². The molecule has 0 aliphatic carbocycles. The molecule has 0 saturated heterocycles. The molecule has 5 heteroatoms. The van der Waals surface area contributed by atoms with Gasteiger partial charge in [-0.25, -0.2) is 15.0 Å². The van der Waals surface area contributed by atoms with Crippen LogP contribution in [0.4, 0.5) is 0 Å². The minimum atomic E-state index is 0.644. The summed E-state index contributed by atoms with van der Waals surface area (Å²) in [7, 11) is 0. The van der Waals surface area contributed by atoms with Crippen molar-refractivity contribution in [2.45, 2.75) is 0 Å². The molecule has 0 bridgehead atoms. The van der Waals surface area contributed by atoms with Crippen molar-refractivity contribution in [1.29, 1.82) is 0 Å². The summed E-state index contributed by atoms with van der Waals surface area (Å²) in [6.45, 7) is 0. The van der Waals surface area contributed by atoms with Crippen LogP contribution in [0.5, 0.6) is 0 Å². The van der Waals surface area contributed by atoms with Gasteiger partial charge in [-0.15, -0.1) is 11.3 Å². The fourth-order valence-corrected chi connectivity index (χ4v) is 8.33. The first kappa shape index (κ1) is 28.6. The summed E-state index contributed by atoms with van der Waals surface area (Å²) >= 11 is 1.88. The van der Waals surface area contributed by atoms with E-state index in [1.807, 2.05) is 72.0 Å². The average Bonchev–Trinajstić information content (AvgIpc) is 3.74. The Morgan fingerprint density at radius 2 is 0.900 bits per heavy atom. The van der Waals surface area contributed by atoms with Gasteiger partial charge in [0.1, 0.15) is 0 Å². The number of fused-ring (bicyclic) bond motifs is 7. The van der Waals surface area contributed by atoms with Gasteiger partial charge >= 0.3 is 0 Å². The van der Waals surface area contributed by atoms with Crippen LogP contribution in [0.1, 0.15) is 0 Å². The minimum Gasteiger partial charge on any atom is -0.309 e. The lowest BCUT2D eigenvalue weighted by Gasteiger charge is -2.11. The summed E-state index contributed by atoms with van der Waals surface area (Å²) < 4.78 is 5.02. The number of benzene rings is 7. The molecule has 0 N–H and O–H groups in total. The van der Waals surface area contributed by atoms with E-state index in [0.29, 0.717) is 17.5 Å². The maximum atomic E-state index is 4.96. The number of hydrogen-bond acceptors (Lipinski definition) is 4. The number of rotatable bonds is 5. The molecule has 0 spiro atoms. The van der Waals surface area contributed by atoms with E-state index < -0.39 is 0 Å². The SMILES string of the molecule is c1ccc(-c2ccc3c(c2)c2c4sc5ccccc5c4ccc2n3-c2ccc(-c3nc(-c4ccccc4)nc(-c4ccccc4)n3)cc2)cc1. The zero-order valence-electron chi connectivity index (χ0n) is 26.9. The van der Waals surface area contributed by atoms with Gasteiger partial charge in [-0.1, -0.05) is 121 Å². The Kier molecular flexibility index (Phi) is 6.64. The van der Waals surface area contributed by atoms with Crippen molar-refractivity contribution in [3.05, 3.63) is 170 Å². The van der Waals surface area contributed by atoms with Gasteiger partial charge in [0.05, 0.1) is 11.0 Å². The van der Waals surface area contributed by atoms with Crippen LogP contribution < -0.4 is 0 Å². The molecule has 50 heavy (non-hydrogen) atoms. The lowest BCUT2D eigenvalue weighted by Crippen LogP contribution is -2.00. The van der Waals surface area contributed by atoms with Crippen LogP contribution in [0.15, 0.2) is 170 Å². The lowest BCUT2D eigenvalue weighted by atomic mass is 10.0. The van der Waals surface area contributed by atoms with Gasteiger partial charge in [0.15, 0.2) is 17.5 Å². The maximum absolute atomic E-state index is 4.96. The van der Waals surface area contributed by atoms with Crippen LogP contribution in [0, 0.1) is 0 Å². The first-order chi connectivity index (χ1) is 24.8. The number of hydrogen-bond donors (Lipinski definition) is 0. The smallest absolute Gasteiger partial charge is 0.164 e. The molecule has 4 nitrogen and oxygen atoms in total. The van der Waals surface area contributed by atoms with Gasteiger partial charge in [-0.3, -0.25) is 0 Å². The third-order valence-corrected chi connectivity index (χ3v) is 10.7. The standard InChI is InChI=1S/C45H28N4S/c1-4-12-29(13-5-1)33-22-26-38-37(28-33)41-39(27-25-36-35-18-10-11-19-40(35)50-42(36)41)49(38)34-23-20-32(21-24-34)45-47-43(30-14-6-2-7-15-30)46-44(48-45)31-16-8-3-9-17-31/h1-28H. The second-order valence-corrected chi connectivity index (χ2v) is 13.5. The molecule has 0 aliphatic heterocycles. The molecule has 10 rings (SSSR count). The molecule has 10 aromatic rings. The van der Waals surface area contributed by atoms with Gasteiger partial charge in [0, 0.05) is 53.3 Å². The lowest BCUT2D eigenvalue weighted by molar-refractivity contribution is 1.07. The molecular weight excluding hydrogens is 629 g/mol. The van der Waals surface area contributed by atoms with Crippen LogP contribution in [-0.4, -0.2) is 19.5 Å². The fourth-order valence-electron chi connectivity index (χ4n) is 7.07. The van der Waals surface area contributed by atoms with Crippen molar-refractivity contribution in [2.75, 3.05) is 0 Å². The molecule has 0 fully saturated rings. The van der Waals surface area contributed by atoms with Crippen molar-refractivity contribution in [3.63, 3.8) is 0 Å². The summed E-state index contributed by atoms with van der Waals surface area (Å²) in [6.07, 6.45) is 0. The highest BCUT2D eigenvalue weighted by Crippen LogP contribution is 2.44. The summed E-state index contributed by atoms with van der Waals surface area (Å²) in [5.41, 5.74) is 8.72. The number of aromatic nitrogens is 4. The molecule has 0 radical (unpaired) electrons. The molecule has 234 valence electrons. The monoisotopic (exact) mass is 656 g/mol. The quantitative estimate of drug-likeness (QED) is 0.185. The zero-order chi connectivity index (χ0) is 33.0. The minimum absolute atomic E-state index is 0.644. The Bertz CT molecular complexity index is 2780. The van der Waals surface area contributed by atoms with Crippen LogP contribution in [0.25, 0.3) is 93.0 Å². The van der Waals surface area contributed by atoms with Gasteiger partial charge in [0.2, 0.25) is 0 Å². The maximum Gasteiger partial charge on any atom is 0.164 e. The third kappa shape index (κ3) is 4.71. The van der Waals surface area contributed by atoms with E-state index in [-0.39, 0.29) is 0 Å².